The molecular weight excluding hydrogens is 152 g/mol. The lowest BCUT2D eigenvalue weighted by molar-refractivity contribution is -0.0653. The predicted octanol–water partition coefficient (Wildman–Crippen LogP) is 2.37. The molecule has 2 heteroatoms. The highest BCUT2D eigenvalue weighted by Crippen LogP contribution is 2.29. The van der Waals surface area contributed by atoms with Crippen LogP contribution in [0.1, 0.15) is 39.5 Å². The lowest BCUT2D eigenvalue weighted by Gasteiger charge is -2.26. The number of ether oxygens (including phenoxy) is 2. The molecule has 1 aliphatic heterocycles. The van der Waals surface area contributed by atoms with E-state index >= 15 is 0 Å². The van der Waals surface area contributed by atoms with E-state index in [0.717, 1.165) is 32.7 Å². The molecule has 0 aromatic rings. The lowest BCUT2D eigenvalue weighted by atomic mass is 9.98. The molecule has 0 aromatic heterocycles. The first-order valence-corrected chi connectivity index (χ1v) is 5.05. The summed E-state index contributed by atoms with van der Waals surface area (Å²) in [5.41, 5.74) is 0.0647. The van der Waals surface area contributed by atoms with Gasteiger partial charge in [0.05, 0.1) is 12.2 Å². The summed E-state index contributed by atoms with van der Waals surface area (Å²) < 4.78 is 11.2. The van der Waals surface area contributed by atoms with Crippen LogP contribution < -0.4 is 0 Å². The van der Waals surface area contributed by atoms with Crippen molar-refractivity contribution in [2.75, 3.05) is 19.8 Å². The van der Waals surface area contributed by atoms with Gasteiger partial charge in [-0.15, -0.1) is 0 Å². The van der Waals surface area contributed by atoms with Crippen molar-refractivity contribution < 1.29 is 9.47 Å². The van der Waals surface area contributed by atoms with Crippen LogP contribution in [0.15, 0.2) is 0 Å². The molecule has 12 heavy (non-hydrogen) atoms. The molecule has 1 saturated heterocycles. The van der Waals surface area contributed by atoms with Gasteiger partial charge in [-0.25, -0.2) is 0 Å². The van der Waals surface area contributed by atoms with Gasteiger partial charge in [-0.2, -0.15) is 0 Å². The van der Waals surface area contributed by atoms with Gasteiger partial charge >= 0.3 is 0 Å². The third-order valence-electron chi connectivity index (χ3n) is 2.54. The summed E-state index contributed by atoms with van der Waals surface area (Å²) in [6, 6.07) is 0. The summed E-state index contributed by atoms with van der Waals surface area (Å²) in [6.07, 6.45) is 4.55. The number of hydrogen-bond donors (Lipinski definition) is 0. The second-order valence-corrected chi connectivity index (χ2v) is 3.54. The van der Waals surface area contributed by atoms with Gasteiger partial charge in [-0.05, 0) is 25.7 Å². The molecule has 1 heterocycles. The third kappa shape index (κ3) is 2.46. The fourth-order valence-electron chi connectivity index (χ4n) is 1.65. The average molecular weight is 172 g/mol. The van der Waals surface area contributed by atoms with Gasteiger partial charge in [0, 0.05) is 13.2 Å². The summed E-state index contributed by atoms with van der Waals surface area (Å²) in [5, 5.41) is 0. The van der Waals surface area contributed by atoms with Crippen LogP contribution in [0, 0.1) is 0 Å². The molecule has 0 N–H and O–H groups in total. The Morgan fingerprint density at radius 1 is 1.42 bits per heavy atom. The second-order valence-electron chi connectivity index (χ2n) is 3.54. The van der Waals surface area contributed by atoms with E-state index in [1.54, 1.807) is 0 Å². The molecule has 1 unspecified atom stereocenters. The van der Waals surface area contributed by atoms with Crippen molar-refractivity contribution in [3.8, 4) is 0 Å². The second kappa shape index (κ2) is 4.83. The van der Waals surface area contributed by atoms with Crippen LogP contribution >= 0.6 is 0 Å². The average Bonchev–Trinajstić information content (AvgIpc) is 2.55. The fraction of sp³-hybridized carbons (Fsp3) is 1.00. The van der Waals surface area contributed by atoms with E-state index in [0.29, 0.717) is 0 Å². The van der Waals surface area contributed by atoms with E-state index in [1.807, 2.05) is 0 Å². The summed E-state index contributed by atoms with van der Waals surface area (Å²) in [6.45, 7) is 6.89. The maximum absolute atomic E-state index is 5.71. The molecule has 0 radical (unpaired) electrons. The van der Waals surface area contributed by atoms with Crippen LogP contribution in [0.5, 0.6) is 0 Å². The molecular formula is C10H20O2. The predicted molar refractivity (Wildman–Crippen MR) is 49.3 cm³/mol. The standard InChI is InChI=1S/C10H20O2/c1-3-7-11-9-10(4-2)6-5-8-12-10/h3-9H2,1-2H3. The number of hydrogen-bond acceptors (Lipinski definition) is 2. The molecule has 1 aliphatic rings. The zero-order valence-electron chi connectivity index (χ0n) is 8.27. The summed E-state index contributed by atoms with van der Waals surface area (Å²) in [7, 11) is 0. The molecule has 0 aromatic carbocycles. The zero-order valence-corrected chi connectivity index (χ0v) is 8.27. The van der Waals surface area contributed by atoms with Crippen LogP contribution in [0.3, 0.4) is 0 Å². The minimum atomic E-state index is 0.0647. The van der Waals surface area contributed by atoms with Crippen LogP contribution in [0.4, 0.5) is 0 Å². The summed E-state index contributed by atoms with van der Waals surface area (Å²) in [4.78, 5) is 0. The smallest absolute Gasteiger partial charge is 0.0913 e. The summed E-state index contributed by atoms with van der Waals surface area (Å²) in [5.74, 6) is 0. The van der Waals surface area contributed by atoms with Crippen molar-refractivity contribution in [1.82, 2.24) is 0 Å². The molecule has 0 bridgehead atoms. The molecule has 72 valence electrons. The fourth-order valence-corrected chi connectivity index (χ4v) is 1.65. The highest BCUT2D eigenvalue weighted by Gasteiger charge is 2.33. The monoisotopic (exact) mass is 172 g/mol. The van der Waals surface area contributed by atoms with Gasteiger partial charge in [0.2, 0.25) is 0 Å². The summed E-state index contributed by atoms with van der Waals surface area (Å²) >= 11 is 0. The lowest BCUT2D eigenvalue weighted by Crippen LogP contribution is -2.33. The van der Waals surface area contributed by atoms with E-state index in [9.17, 15) is 0 Å². The van der Waals surface area contributed by atoms with Crippen LogP contribution in [0.25, 0.3) is 0 Å². The van der Waals surface area contributed by atoms with Crippen LogP contribution in [-0.2, 0) is 9.47 Å². The Kier molecular flexibility index (Phi) is 4.02. The maximum Gasteiger partial charge on any atom is 0.0913 e. The van der Waals surface area contributed by atoms with Gasteiger partial charge in [0.15, 0.2) is 0 Å². The maximum atomic E-state index is 5.71. The molecule has 0 saturated carbocycles. The van der Waals surface area contributed by atoms with E-state index in [4.69, 9.17) is 9.47 Å². The Bertz CT molecular complexity index is 117. The quantitative estimate of drug-likeness (QED) is 0.593. The minimum absolute atomic E-state index is 0.0647. The Labute approximate surface area is 75.2 Å². The highest BCUT2D eigenvalue weighted by molar-refractivity contribution is 4.83. The van der Waals surface area contributed by atoms with E-state index in [-0.39, 0.29) is 5.60 Å². The molecule has 0 aliphatic carbocycles. The first kappa shape index (κ1) is 10.0. The van der Waals surface area contributed by atoms with E-state index < -0.39 is 0 Å². The van der Waals surface area contributed by atoms with Gasteiger partial charge in [0.1, 0.15) is 0 Å². The van der Waals surface area contributed by atoms with Gasteiger partial charge < -0.3 is 9.47 Å². The van der Waals surface area contributed by atoms with E-state index in [1.165, 1.54) is 12.8 Å². The van der Waals surface area contributed by atoms with Crippen molar-refractivity contribution in [3.63, 3.8) is 0 Å². The minimum Gasteiger partial charge on any atom is -0.378 e. The number of rotatable bonds is 5. The molecule has 1 rings (SSSR count). The van der Waals surface area contributed by atoms with Crippen molar-refractivity contribution in [2.24, 2.45) is 0 Å². The van der Waals surface area contributed by atoms with Crippen LogP contribution in [-0.4, -0.2) is 25.4 Å². The Hall–Kier alpha value is -0.0800. The van der Waals surface area contributed by atoms with Crippen LogP contribution in [0.2, 0.25) is 0 Å². The third-order valence-corrected chi connectivity index (χ3v) is 2.54. The first-order valence-electron chi connectivity index (χ1n) is 5.05. The van der Waals surface area contributed by atoms with Crippen molar-refractivity contribution in [3.05, 3.63) is 0 Å². The van der Waals surface area contributed by atoms with Crippen molar-refractivity contribution in [2.45, 2.75) is 45.1 Å². The van der Waals surface area contributed by atoms with Crippen molar-refractivity contribution >= 4 is 0 Å². The normalized spacial score (nSPS) is 29.5. The topological polar surface area (TPSA) is 18.5 Å². The van der Waals surface area contributed by atoms with Gasteiger partial charge in [-0.1, -0.05) is 13.8 Å². The molecule has 1 fully saturated rings. The Morgan fingerprint density at radius 2 is 2.25 bits per heavy atom. The molecule has 1 atom stereocenters. The molecule has 0 amide bonds. The Morgan fingerprint density at radius 3 is 2.75 bits per heavy atom. The van der Waals surface area contributed by atoms with Gasteiger partial charge in [0.25, 0.3) is 0 Å². The molecule has 0 spiro atoms. The highest BCUT2D eigenvalue weighted by atomic mass is 16.5. The van der Waals surface area contributed by atoms with Gasteiger partial charge in [-0.3, -0.25) is 0 Å². The Balaban J connectivity index is 2.24. The van der Waals surface area contributed by atoms with Crippen molar-refractivity contribution in [1.29, 1.82) is 0 Å². The molecule has 2 nitrogen and oxygen atoms in total. The van der Waals surface area contributed by atoms with E-state index in [2.05, 4.69) is 13.8 Å². The first-order chi connectivity index (χ1) is 5.83. The SMILES string of the molecule is CCCOCC1(CC)CCCO1. The zero-order chi connectivity index (χ0) is 8.86. The largest absolute Gasteiger partial charge is 0.378 e.